The van der Waals surface area contributed by atoms with Crippen LogP contribution in [-0.4, -0.2) is 22.9 Å². The zero-order chi connectivity index (χ0) is 11.8. The van der Waals surface area contributed by atoms with Crippen LogP contribution >= 0.6 is 11.6 Å². The summed E-state index contributed by atoms with van der Waals surface area (Å²) >= 11 is 5.93. The van der Waals surface area contributed by atoms with Gasteiger partial charge in [-0.25, -0.2) is 0 Å². The molecule has 2 aliphatic rings. The molecular formula is C14H14ClNO. The Kier molecular flexibility index (Phi) is 2.67. The number of amides is 1. The van der Waals surface area contributed by atoms with Gasteiger partial charge in [0.15, 0.2) is 0 Å². The average molecular weight is 248 g/mol. The van der Waals surface area contributed by atoms with E-state index < -0.39 is 0 Å². The van der Waals surface area contributed by atoms with Crippen LogP contribution in [0.2, 0.25) is 5.02 Å². The van der Waals surface area contributed by atoms with E-state index in [9.17, 15) is 4.79 Å². The molecule has 1 aromatic rings. The molecule has 3 heteroatoms. The lowest BCUT2D eigenvalue weighted by molar-refractivity contribution is 0.0689. The third-order valence-electron chi connectivity index (χ3n) is 3.62. The SMILES string of the molecule is O=C(c1cccc(Cl)c1)N1C2C=CCC1CC2. The van der Waals surface area contributed by atoms with Gasteiger partial charge in [-0.1, -0.05) is 29.8 Å². The van der Waals surface area contributed by atoms with Crippen molar-refractivity contribution in [1.29, 1.82) is 0 Å². The van der Waals surface area contributed by atoms with E-state index >= 15 is 0 Å². The maximum Gasteiger partial charge on any atom is 0.254 e. The largest absolute Gasteiger partial charge is 0.329 e. The second-order valence-electron chi connectivity index (χ2n) is 4.69. The molecule has 1 saturated heterocycles. The highest BCUT2D eigenvalue weighted by Gasteiger charge is 2.37. The molecule has 0 aromatic heterocycles. The highest BCUT2D eigenvalue weighted by atomic mass is 35.5. The van der Waals surface area contributed by atoms with Crippen molar-refractivity contribution < 1.29 is 4.79 Å². The van der Waals surface area contributed by atoms with Gasteiger partial charge in [-0.2, -0.15) is 0 Å². The van der Waals surface area contributed by atoms with Gasteiger partial charge in [0.05, 0.1) is 6.04 Å². The summed E-state index contributed by atoms with van der Waals surface area (Å²) in [5.41, 5.74) is 0.699. The molecule has 2 atom stereocenters. The lowest BCUT2D eigenvalue weighted by Gasteiger charge is -2.31. The van der Waals surface area contributed by atoms with Crippen LogP contribution in [0.3, 0.4) is 0 Å². The summed E-state index contributed by atoms with van der Waals surface area (Å²) in [6, 6.07) is 7.89. The van der Waals surface area contributed by atoms with Crippen molar-refractivity contribution in [2.24, 2.45) is 0 Å². The Morgan fingerprint density at radius 2 is 2.24 bits per heavy atom. The summed E-state index contributed by atoms with van der Waals surface area (Å²) in [6.07, 6.45) is 7.55. The Hall–Kier alpha value is -1.28. The first kappa shape index (κ1) is 10.8. The zero-order valence-electron chi connectivity index (χ0n) is 9.47. The fourth-order valence-electron chi connectivity index (χ4n) is 2.81. The highest BCUT2D eigenvalue weighted by molar-refractivity contribution is 6.30. The predicted octanol–water partition coefficient (Wildman–Crippen LogP) is 3.27. The number of carbonyl (C=O) groups excluding carboxylic acids is 1. The van der Waals surface area contributed by atoms with Gasteiger partial charge in [-0.05, 0) is 37.5 Å². The molecule has 0 spiro atoms. The van der Waals surface area contributed by atoms with Gasteiger partial charge >= 0.3 is 0 Å². The molecule has 1 amide bonds. The molecule has 2 heterocycles. The minimum absolute atomic E-state index is 0.115. The Morgan fingerprint density at radius 1 is 1.35 bits per heavy atom. The van der Waals surface area contributed by atoms with Crippen molar-refractivity contribution in [3.8, 4) is 0 Å². The number of carbonyl (C=O) groups is 1. The smallest absolute Gasteiger partial charge is 0.254 e. The van der Waals surface area contributed by atoms with Gasteiger partial charge in [0.25, 0.3) is 5.91 Å². The van der Waals surface area contributed by atoms with E-state index in [2.05, 4.69) is 12.2 Å². The molecule has 0 radical (unpaired) electrons. The second kappa shape index (κ2) is 4.19. The van der Waals surface area contributed by atoms with Crippen molar-refractivity contribution >= 4 is 17.5 Å². The number of rotatable bonds is 1. The number of fused-ring (bicyclic) bond motifs is 2. The molecule has 3 rings (SSSR count). The Morgan fingerprint density at radius 3 is 3.00 bits per heavy atom. The minimum atomic E-state index is 0.115. The Balaban J connectivity index is 1.90. The standard InChI is InChI=1S/C14H14ClNO/c15-11-4-1-3-10(9-11)14(17)16-12-5-2-6-13(16)8-7-12/h1-5,9,12-13H,6-8H2. The molecule has 2 aliphatic heterocycles. The van der Waals surface area contributed by atoms with E-state index in [-0.39, 0.29) is 5.91 Å². The fraction of sp³-hybridized carbons (Fsp3) is 0.357. The van der Waals surface area contributed by atoms with Gasteiger partial charge in [0.1, 0.15) is 0 Å². The summed E-state index contributed by atoms with van der Waals surface area (Å²) in [5, 5.41) is 0.621. The zero-order valence-corrected chi connectivity index (χ0v) is 10.2. The molecule has 0 saturated carbocycles. The van der Waals surface area contributed by atoms with Crippen LogP contribution in [0.1, 0.15) is 29.6 Å². The van der Waals surface area contributed by atoms with Crippen molar-refractivity contribution in [2.45, 2.75) is 31.3 Å². The highest BCUT2D eigenvalue weighted by Crippen LogP contribution is 2.32. The quantitative estimate of drug-likeness (QED) is 0.698. The first-order chi connectivity index (χ1) is 8.25. The first-order valence-corrected chi connectivity index (χ1v) is 6.38. The lowest BCUT2D eigenvalue weighted by atomic mass is 10.1. The molecule has 17 heavy (non-hydrogen) atoms. The number of nitrogens with zero attached hydrogens (tertiary/aromatic N) is 1. The summed E-state index contributed by atoms with van der Waals surface area (Å²) in [7, 11) is 0. The molecule has 2 unspecified atom stereocenters. The van der Waals surface area contributed by atoms with E-state index in [1.807, 2.05) is 17.0 Å². The van der Waals surface area contributed by atoms with E-state index in [4.69, 9.17) is 11.6 Å². The predicted molar refractivity (Wildman–Crippen MR) is 68.2 cm³/mol. The molecule has 0 aliphatic carbocycles. The van der Waals surface area contributed by atoms with Gasteiger partial charge < -0.3 is 4.90 Å². The van der Waals surface area contributed by atoms with Crippen LogP contribution in [0, 0.1) is 0 Å². The molecule has 0 N–H and O–H groups in total. The van der Waals surface area contributed by atoms with Gasteiger partial charge in [0.2, 0.25) is 0 Å². The summed E-state index contributed by atoms with van der Waals surface area (Å²) in [5.74, 6) is 0.115. The number of halogens is 1. The third-order valence-corrected chi connectivity index (χ3v) is 3.85. The Labute approximate surface area is 106 Å². The summed E-state index contributed by atoms with van der Waals surface area (Å²) < 4.78 is 0. The second-order valence-corrected chi connectivity index (χ2v) is 5.12. The normalized spacial score (nSPS) is 26.3. The summed E-state index contributed by atoms with van der Waals surface area (Å²) in [4.78, 5) is 14.5. The topological polar surface area (TPSA) is 20.3 Å². The van der Waals surface area contributed by atoms with Crippen molar-refractivity contribution in [3.05, 3.63) is 47.0 Å². The van der Waals surface area contributed by atoms with E-state index in [0.717, 1.165) is 19.3 Å². The third kappa shape index (κ3) is 1.87. The molecule has 1 aromatic carbocycles. The Bertz CT molecular complexity index is 483. The number of benzene rings is 1. The molecule has 2 bridgehead atoms. The first-order valence-electron chi connectivity index (χ1n) is 6.00. The molecule has 2 nitrogen and oxygen atoms in total. The lowest BCUT2D eigenvalue weighted by Crippen LogP contribution is -2.42. The van der Waals surface area contributed by atoms with Crippen LogP contribution in [0.25, 0.3) is 0 Å². The maximum atomic E-state index is 12.4. The van der Waals surface area contributed by atoms with Gasteiger partial charge in [-0.3, -0.25) is 4.79 Å². The van der Waals surface area contributed by atoms with Gasteiger partial charge in [0, 0.05) is 16.6 Å². The fourth-order valence-corrected chi connectivity index (χ4v) is 3.00. The van der Waals surface area contributed by atoms with Crippen molar-refractivity contribution in [2.75, 3.05) is 0 Å². The summed E-state index contributed by atoms with van der Waals surface area (Å²) in [6.45, 7) is 0. The van der Waals surface area contributed by atoms with E-state index in [1.165, 1.54) is 0 Å². The molecule has 1 fully saturated rings. The number of hydrogen-bond acceptors (Lipinski definition) is 1. The van der Waals surface area contributed by atoms with Crippen LogP contribution in [-0.2, 0) is 0 Å². The molecular weight excluding hydrogens is 234 g/mol. The minimum Gasteiger partial charge on any atom is -0.329 e. The van der Waals surface area contributed by atoms with Crippen LogP contribution in [0.4, 0.5) is 0 Å². The average Bonchev–Trinajstić information content (AvgIpc) is 2.58. The van der Waals surface area contributed by atoms with Crippen molar-refractivity contribution in [3.63, 3.8) is 0 Å². The van der Waals surface area contributed by atoms with Crippen LogP contribution in [0.15, 0.2) is 36.4 Å². The number of hydrogen-bond donors (Lipinski definition) is 0. The van der Waals surface area contributed by atoms with Crippen LogP contribution < -0.4 is 0 Å². The van der Waals surface area contributed by atoms with Crippen LogP contribution in [0.5, 0.6) is 0 Å². The maximum absolute atomic E-state index is 12.4. The van der Waals surface area contributed by atoms with E-state index in [1.54, 1.807) is 12.1 Å². The van der Waals surface area contributed by atoms with Crippen molar-refractivity contribution in [1.82, 2.24) is 4.90 Å². The monoisotopic (exact) mass is 247 g/mol. The van der Waals surface area contributed by atoms with E-state index in [0.29, 0.717) is 22.7 Å². The molecule has 88 valence electrons. The van der Waals surface area contributed by atoms with Gasteiger partial charge in [-0.15, -0.1) is 0 Å².